The van der Waals surface area contributed by atoms with E-state index in [1.165, 1.54) is 26.4 Å². The Bertz CT molecular complexity index is 617. The number of hydrogen-bond donors (Lipinski definition) is 2. The number of hydrogen-bond acceptors (Lipinski definition) is 6. The van der Waals surface area contributed by atoms with Crippen LogP contribution < -0.4 is 20.1 Å². The van der Waals surface area contributed by atoms with Crippen LogP contribution in [0.2, 0.25) is 0 Å². The van der Waals surface area contributed by atoms with E-state index in [2.05, 4.69) is 10.6 Å². The maximum Gasteiger partial charge on any atom is 0.342 e. The summed E-state index contributed by atoms with van der Waals surface area (Å²) in [5.41, 5.74) is 0.171. The molecule has 0 spiro atoms. The molecule has 8 heteroatoms. The van der Waals surface area contributed by atoms with Gasteiger partial charge in [-0.25, -0.2) is 4.79 Å². The molecule has 0 bridgehead atoms. The number of benzene rings is 1. The van der Waals surface area contributed by atoms with E-state index in [0.717, 1.165) is 6.42 Å². The minimum absolute atomic E-state index is 0.171. The molecule has 1 atom stereocenters. The molecule has 0 unspecified atom stereocenters. The van der Waals surface area contributed by atoms with Crippen molar-refractivity contribution in [3.63, 3.8) is 0 Å². The van der Waals surface area contributed by atoms with Crippen LogP contribution in [-0.2, 0) is 14.3 Å². The highest BCUT2D eigenvalue weighted by molar-refractivity contribution is 5.94. The SMILES string of the molecule is CCCNC(=O)[C@@H](C)NC(=O)COC(=O)c1ccc(OC)cc1OC. The Morgan fingerprint density at radius 2 is 1.88 bits per heavy atom. The van der Waals surface area contributed by atoms with E-state index in [4.69, 9.17) is 14.2 Å². The number of esters is 1. The molecule has 0 radical (unpaired) electrons. The van der Waals surface area contributed by atoms with Gasteiger partial charge < -0.3 is 24.8 Å². The average molecular weight is 352 g/mol. The molecule has 1 aromatic rings. The molecular formula is C17H24N2O6. The highest BCUT2D eigenvalue weighted by Crippen LogP contribution is 2.25. The monoisotopic (exact) mass is 352 g/mol. The van der Waals surface area contributed by atoms with E-state index >= 15 is 0 Å². The molecule has 25 heavy (non-hydrogen) atoms. The van der Waals surface area contributed by atoms with E-state index in [9.17, 15) is 14.4 Å². The molecule has 0 aliphatic carbocycles. The van der Waals surface area contributed by atoms with Gasteiger partial charge in [0.25, 0.3) is 5.91 Å². The summed E-state index contributed by atoms with van der Waals surface area (Å²) >= 11 is 0. The zero-order valence-corrected chi connectivity index (χ0v) is 14.9. The van der Waals surface area contributed by atoms with Gasteiger partial charge in [0, 0.05) is 12.6 Å². The molecule has 1 rings (SSSR count). The first-order chi connectivity index (χ1) is 11.9. The van der Waals surface area contributed by atoms with E-state index < -0.39 is 24.5 Å². The van der Waals surface area contributed by atoms with Crippen molar-refractivity contribution in [2.24, 2.45) is 0 Å². The van der Waals surface area contributed by atoms with Crippen LogP contribution in [0.25, 0.3) is 0 Å². The van der Waals surface area contributed by atoms with Gasteiger partial charge in [-0.15, -0.1) is 0 Å². The number of carbonyl (C=O) groups excluding carboxylic acids is 3. The predicted molar refractivity (Wildman–Crippen MR) is 90.7 cm³/mol. The number of nitrogens with one attached hydrogen (secondary N) is 2. The highest BCUT2D eigenvalue weighted by atomic mass is 16.5. The summed E-state index contributed by atoms with van der Waals surface area (Å²) in [5.74, 6) is -0.772. The van der Waals surface area contributed by atoms with Crippen LogP contribution in [0.4, 0.5) is 0 Å². The lowest BCUT2D eigenvalue weighted by atomic mass is 10.2. The highest BCUT2D eigenvalue weighted by Gasteiger charge is 2.18. The van der Waals surface area contributed by atoms with Crippen LogP contribution >= 0.6 is 0 Å². The van der Waals surface area contributed by atoms with Gasteiger partial charge in [-0.1, -0.05) is 6.92 Å². The van der Waals surface area contributed by atoms with Crippen molar-refractivity contribution in [3.8, 4) is 11.5 Å². The molecule has 0 heterocycles. The maximum atomic E-state index is 12.1. The van der Waals surface area contributed by atoms with Crippen molar-refractivity contribution < 1.29 is 28.6 Å². The summed E-state index contributed by atoms with van der Waals surface area (Å²) < 4.78 is 15.1. The number of ether oxygens (including phenoxy) is 3. The van der Waals surface area contributed by atoms with Gasteiger partial charge in [0.15, 0.2) is 6.61 Å². The zero-order chi connectivity index (χ0) is 18.8. The molecule has 0 aliphatic rings. The maximum absolute atomic E-state index is 12.1. The van der Waals surface area contributed by atoms with Crippen molar-refractivity contribution in [3.05, 3.63) is 23.8 Å². The Morgan fingerprint density at radius 1 is 1.16 bits per heavy atom. The molecule has 0 aromatic heterocycles. The molecule has 8 nitrogen and oxygen atoms in total. The second-order valence-electron chi connectivity index (χ2n) is 5.22. The Labute approximate surface area is 146 Å². The number of methoxy groups -OCH3 is 2. The Balaban J connectivity index is 2.56. The van der Waals surface area contributed by atoms with Crippen LogP contribution in [0, 0.1) is 0 Å². The largest absolute Gasteiger partial charge is 0.497 e. The molecule has 2 N–H and O–H groups in total. The van der Waals surface area contributed by atoms with E-state index in [1.54, 1.807) is 13.0 Å². The fraction of sp³-hybridized carbons (Fsp3) is 0.471. The fourth-order valence-corrected chi connectivity index (χ4v) is 1.93. The van der Waals surface area contributed by atoms with E-state index in [0.29, 0.717) is 12.3 Å². The summed E-state index contributed by atoms with van der Waals surface area (Å²) in [5, 5.41) is 5.13. The van der Waals surface area contributed by atoms with Crippen LogP contribution in [0.3, 0.4) is 0 Å². The van der Waals surface area contributed by atoms with Gasteiger partial charge in [-0.2, -0.15) is 0 Å². The van der Waals surface area contributed by atoms with E-state index in [1.807, 2.05) is 6.92 Å². The van der Waals surface area contributed by atoms with Gasteiger partial charge in [0.1, 0.15) is 23.1 Å². The fourth-order valence-electron chi connectivity index (χ4n) is 1.93. The first-order valence-corrected chi connectivity index (χ1v) is 7.89. The standard InChI is InChI=1S/C17H24N2O6/c1-5-8-18-16(21)11(2)19-15(20)10-25-17(22)13-7-6-12(23-3)9-14(13)24-4/h6-7,9,11H,5,8,10H2,1-4H3,(H,18,21)(H,19,20)/t11-/m1/s1. The molecule has 1 aromatic carbocycles. The quantitative estimate of drug-likeness (QED) is 0.640. The second kappa shape index (κ2) is 10.2. The minimum atomic E-state index is -0.715. The van der Waals surface area contributed by atoms with Crippen molar-refractivity contribution in [1.29, 1.82) is 0 Å². The zero-order valence-electron chi connectivity index (χ0n) is 14.9. The van der Waals surface area contributed by atoms with Crippen LogP contribution in [0.15, 0.2) is 18.2 Å². The van der Waals surface area contributed by atoms with Gasteiger partial charge in [0.2, 0.25) is 5.91 Å². The first kappa shape index (κ1) is 20.3. The number of amides is 2. The van der Waals surface area contributed by atoms with Gasteiger partial charge in [-0.05, 0) is 25.5 Å². The molecule has 2 amide bonds. The lowest BCUT2D eigenvalue weighted by Crippen LogP contribution is -2.46. The Morgan fingerprint density at radius 3 is 2.48 bits per heavy atom. The third kappa shape index (κ3) is 6.33. The molecule has 138 valence electrons. The Kier molecular flexibility index (Phi) is 8.25. The van der Waals surface area contributed by atoms with Gasteiger partial charge >= 0.3 is 5.97 Å². The third-order valence-electron chi connectivity index (χ3n) is 3.28. The number of rotatable bonds is 9. The van der Waals surface area contributed by atoms with Crippen LogP contribution in [-0.4, -0.2) is 51.2 Å². The molecule has 0 aliphatic heterocycles. The summed E-state index contributed by atoms with van der Waals surface area (Å²) in [7, 11) is 2.91. The van der Waals surface area contributed by atoms with Gasteiger partial charge in [0.05, 0.1) is 14.2 Å². The first-order valence-electron chi connectivity index (χ1n) is 7.89. The lowest BCUT2D eigenvalue weighted by molar-refractivity contribution is -0.130. The molecule has 0 fully saturated rings. The van der Waals surface area contributed by atoms with E-state index in [-0.39, 0.29) is 17.2 Å². The van der Waals surface area contributed by atoms with Gasteiger partial charge in [-0.3, -0.25) is 9.59 Å². The second-order valence-corrected chi connectivity index (χ2v) is 5.22. The predicted octanol–water partition coefficient (Wildman–Crippen LogP) is 0.892. The minimum Gasteiger partial charge on any atom is -0.497 e. The van der Waals surface area contributed by atoms with Crippen molar-refractivity contribution in [1.82, 2.24) is 10.6 Å². The van der Waals surface area contributed by atoms with Crippen LogP contribution in [0.5, 0.6) is 11.5 Å². The molecule has 0 saturated heterocycles. The average Bonchev–Trinajstić information content (AvgIpc) is 2.63. The van der Waals surface area contributed by atoms with Crippen LogP contribution in [0.1, 0.15) is 30.6 Å². The molecule has 0 saturated carbocycles. The smallest absolute Gasteiger partial charge is 0.342 e. The Hall–Kier alpha value is -2.77. The van der Waals surface area contributed by atoms with Crippen molar-refractivity contribution in [2.75, 3.05) is 27.4 Å². The van der Waals surface area contributed by atoms with Crippen molar-refractivity contribution >= 4 is 17.8 Å². The normalized spacial score (nSPS) is 11.2. The summed E-state index contributed by atoms with van der Waals surface area (Å²) in [6.07, 6.45) is 0.799. The summed E-state index contributed by atoms with van der Waals surface area (Å²) in [6, 6.07) is 3.89. The third-order valence-corrected chi connectivity index (χ3v) is 3.28. The summed E-state index contributed by atoms with van der Waals surface area (Å²) in [4.78, 5) is 35.6. The topological polar surface area (TPSA) is 103 Å². The number of carbonyl (C=O) groups is 3. The summed E-state index contributed by atoms with van der Waals surface area (Å²) in [6.45, 7) is 3.51. The lowest BCUT2D eigenvalue weighted by Gasteiger charge is -2.14. The molecular weight excluding hydrogens is 328 g/mol. The van der Waals surface area contributed by atoms with Crippen molar-refractivity contribution in [2.45, 2.75) is 26.3 Å².